The van der Waals surface area contributed by atoms with Crippen molar-refractivity contribution in [2.24, 2.45) is 0 Å². The molecular weight excluding hydrogens is 242 g/mol. The molecule has 2 rings (SSSR count). The highest BCUT2D eigenvalue weighted by atomic mass is 16.2. The van der Waals surface area contributed by atoms with Crippen molar-refractivity contribution in [3.8, 4) is 0 Å². The normalized spacial score (nSPS) is 10.7. The van der Waals surface area contributed by atoms with E-state index in [1.807, 2.05) is 24.3 Å². The molecule has 100 valence electrons. The summed E-state index contributed by atoms with van der Waals surface area (Å²) < 4.78 is 1.40. The van der Waals surface area contributed by atoms with E-state index in [1.54, 1.807) is 0 Å². The van der Waals surface area contributed by atoms with Gasteiger partial charge in [0.25, 0.3) is 0 Å². The number of hydrogen-bond donors (Lipinski definition) is 2. The van der Waals surface area contributed by atoms with E-state index >= 15 is 0 Å². The van der Waals surface area contributed by atoms with Crippen molar-refractivity contribution >= 4 is 17.5 Å². The predicted octanol–water partition coefficient (Wildman–Crippen LogP) is 1.62. The van der Waals surface area contributed by atoms with Crippen LogP contribution in [-0.2, 0) is 11.3 Å². The Labute approximate surface area is 111 Å². The molecule has 6 nitrogen and oxygen atoms in total. The fraction of sp³-hybridized carbons (Fsp3) is 0.308. The van der Waals surface area contributed by atoms with Gasteiger partial charge in [0.1, 0.15) is 12.9 Å². The lowest BCUT2D eigenvalue weighted by Gasteiger charge is -2.09. The van der Waals surface area contributed by atoms with Crippen molar-refractivity contribution in [2.75, 3.05) is 11.1 Å². The van der Waals surface area contributed by atoms with Crippen molar-refractivity contribution in [3.05, 3.63) is 36.2 Å². The Hall–Kier alpha value is -2.37. The van der Waals surface area contributed by atoms with Crippen molar-refractivity contribution in [3.63, 3.8) is 0 Å². The highest BCUT2D eigenvalue weighted by Crippen LogP contribution is 2.18. The smallest absolute Gasteiger partial charge is 0.246 e. The molecule has 0 unspecified atom stereocenters. The molecule has 2 aromatic rings. The van der Waals surface area contributed by atoms with E-state index in [2.05, 4.69) is 29.2 Å². The Morgan fingerprint density at radius 2 is 2.26 bits per heavy atom. The zero-order chi connectivity index (χ0) is 13.8. The summed E-state index contributed by atoms with van der Waals surface area (Å²) in [6, 6.07) is 7.80. The van der Waals surface area contributed by atoms with Gasteiger partial charge in [-0.05, 0) is 23.6 Å². The Morgan fingerprint density at radius 3 is 2.89 bits per heavy atom. The Morgan fingerprint density at radius 1 is 1.47 bits per heavy atom. The quantitative estimate of drug-likeness (QED) is 0.873. The zero-order valence-electron chi connectivity index (χ0n) is 11.0. The van der Waals surface area contributed by atoms with E-state index in [0.29, 0.717) is 5.92 Å². The van der Waals surface area contributed by atoms with Gasteiger partial charge in [-0.2, -0.15) is 0 Å². The molecule has 0 atom stereocenters. The maximum Gasteiger partial charge on any atom is 0.246 e. The van der Waals surface area contributed by atoms with E-state index < -0.39 is 0 Å². The van der Waals surface area contributed by atoms with Crippen LogP contribution >= 0.6 is 0 Å². The SMILES string of the molecule is CC(C)c1cccc(NC(=O)Cn2cnc(N)n2)c1. The molecule has 6 heteroatoms. The second-order valence-corrected chi connectivity index (χ2v) is 4.63. The zero-order valence-corrected chi connectivity index (χ0v) is 11.0. The number of nitrogens with two attached hydrogens (primary N) is 1. The van der Waals surface area contributed by atoms with Gasteiger partial charge in [-0.1, -0.05) is 26.0 Å². The van der Waals surface area contributed by atoms with Crippen molar-refractivity contribution in [2.45, 2.75) is 26.3 Å². The van der Waals surface area contributed by atoms with E-state index in [1.165, 1.54) is 16.6 Å². The lowest BCUT2D eigenvalue weighted by Crippen LogP contribution is -2.19. The Bertz CT molecular complexity index is 576. The van der Waals surface area contributed by atoms with Crippen LogP contribution in [0.25, 0.3) is 0 Å². The third-order valence-corrected chi connectivity index (χ3v) is 2.70. The van der Waals surface area contributed by atoms with E-state index in [9.17, 15) is 4.79 Å². The first-order valence-electron chi connectivity index (χ1n) is 6.09. The largest absolute Gasteiger partial charge is 0.367 e. The summed E-state index contributed by atoms with van der Waals surface area (Å²) in [6.45, 7) is 4.31. The van der Waals surface area contributed by atoms with Crippen LogP contribution in [0.4, 0.5) is 11.6 Å². The number of aromatic nitrogens is 3. The molecule has 0 spiro atoms. The summed E-state index contributed by atoms with van der Waals surface area (Å²) in [7, 11) is 0. The number of nitrogens with zero attached hydrogens (tertiary/aromatic N) is 3. The first kappa shape index (κ1) is 13.1. The fourth-order valence-corrected chi connectivity index (χ4v) is 1.71. The Kier molecular flexibility index (Phi) is 3.79. The van der Waals surface area contributed by atoms with Crippen LogP contribution in [0.3, 0.4) is 0 Å². The molecule has 0 fully saturated rings. The minimum atomic E-state index is -0.161. The molecule has 0 aliphatic carbocycles. The van der Waals surface area contributed by atoms with Crippen molar-refractivity contribution in [1.29, 1.82) is 0 Å². The van der Waals surface area contributed by atoms with Gasteiger partial charge >= 0.3 is 0 Å². The first-order valence-corrected chi connectivity index (χ1v) is 6.09. The number of carbonyl (C=O) groups excluding carboxylic acids is 1. The third-order valence-electron chi connectivity index (χ3n) is 2.70. The van der Waals surface area contributed by atoms with Crippen LogP contribution < -0.4 is 11.1 Å². The summed E-state index contributed by atoms with van der Waals surface area (Å²) in [6.07, 6.45) is 1.43. The van der Waals surface area contributed by atoms with Gasteiger partial charge in [0.05, 0.1) is 0 Å². The van der Waals surface area contributed by atoms with Crippen molar-refractivity contribution < 1.29 is 4.79 Å². The molecule has 0 radical (unpaired) electrons. The molecule has 1 heterocycles. The fourth-order valence-electron chi connectivity index (χ4n) is 1.71. The molecule has 0 saturated heterocycles. The van der Waals surface area contributed by atoms with Gasteiger partial charge in [0, 0.05) is 5.69 Å². The van der Waals surface area contributed by atoms with Crippen LogP contribution in [0.2, 0.25) is 0 Å². The molecule has 1 aromatic carbocycles. The molecule has 0 aliphatic rings. The minimum Gasteiger partial charge on any atom is -0.367 e. The number of nitrogens with one attached hydrogen (secondary N) is 1. The third kappa shape index (κ3) is 3.54. The van der Waals surface area contributed by atoms with Gasteiger partial charge in [-0.3, -0.25) is 4.79 Å². The minimum absolute atomic E-state index is 0.0934. The second-order valence-electron chi connectivity index (χ2n) is 4.63. The Balaban J connectivity index is 2.00. The van der Waals surface area contributed by atoms with E-state index in [0.717, 1.165) is 5.69 Å². The molecule has 1 amide bonds. The predicted molar refractivity (Wildman–Crippen MR) is 73.6 cm³/mol. The lowest BCUT2D eigenvalue weighted by atomic mass is 10.0. The van der Waals surface area contributed by atoms with Gasteiger partial charge in [-0.15, -0.1) is 5.10 Å². The number of carbonyl (C=O) groups is 1. The monoisotopic (exact) mass is 259 g/mol. The van der Waals surface area contributed by atoms with E-state index in [-0.39, 0.29) is 18.4 Å². The van der Waals surface area contributed by atoms with Crippen LogP contribution in [-0.4, -0.2) is 20.7 Å². The summed E-state index contributed by atoms with van der Waals surface area (Å²) >= 11 is 0. The molecule has 1 aromatic heterocycles. The van der Waals surface area contributed by atoms with Gasteiger partial charge in [-0.25, -0.2) is 9.67 Å². The standard InChI is InChI=1S/C13H17N5O/c1-9(2)10-4-3-5-11(6-10)16-12(19)7-18-8-15-13(14)17-18/h3-6,8-9H,7H2,1-2H3,(H2,14,17)(H,16,19). The van der Waals surface area contributed by atoms with E-state index in [4.69, 9.17) is 5.73 Å². The van der Waals surface area contributed by atoms with Gasteiger partial charge in [0.2, 0.25) is 11.9 Å². The summed E-state index contributed by atoms with van der Waals surface area (Å²) in [5, 5.41) is 6.69. The summed E-state index contributed by atoms with van der Waals surface area (Å²) in [4.78, 5) is 15.6. The number of nitrogen functional groups attached to an aromatic ring is 1. The lowest BCUT2D eigenvalue weighted by molar-refractivity contribution is -0.116. The van der Waals surface area contributed by atoms with Crippen LogP contribution in [0.5, 0.6) is 0 Å². The molecule has 0 saturated carbocycles. The number of amides is 1. The van der Waals surface area contributed by atoms with Crippen LogP contribution in [0.1, 0.15) is 25.3 Å². The summed E-state index contributed by atoms with van der Waals surface area (Å²) in [5.74, 6) is 0.423. The van der Waals surface area contributed by atoms with Gasteiger partial charge < -0.3 is 11.1 Å². The summed E-state index contributed by atoms with van der Waals surface area (Å²) in [5.41, 5.74) is 7.35. The number of rotatable bonds is 4. The second kappa shape index (κ2) is 5.51. The molecule has 0 bridgehead atoms. The number of hydrogen-bond acceptors (Lipinski definition) is 4. The highest BCUT2D eigenvalue weighted by Gasteiger charge is 2.06. The topological polar surface area (TPSA) is 85.8 Å². The maximum absolute atomic E-state index is 11.8. The number of anilines is 2. The average molecular weight is 259 g/mol. The molecular formula is C13H17N5O. The molecule has 3 N–H and O–H groups in total. The number of benzene rings is 1. The molecule has 0 aliphatic heterocycles. The van der Waals surface area contributed by atoms with Gasteiger partial charge in [0.15, 0.2) is 0 Å². The maximum atomic E-state index is 11.8. The average Bonchev–Trinajstić information content (AvgIpc) is 2.74. The first-order chi connectivity index (χ1) is 9.04. The molecule has 19 heavy (non-hydrogen) atoms. The van der Waals surface area contributed by atoms with Crippen LogP contribution in [0.15, 0.2) is 30.6 Å². The van der Waals surface area contributed by atoms with Crippen LogP contribution in [0, 0.1) is 0 Å². The van der Waals surface area contributed by atoms with Crippen molar-refractivity contribution in [1.82, 2.24) is 14.8 Å². The highest BCUT2D eigenvalue weighted by molar-refractivity contribution is 5.90.